The van der Waals surface area contributed by atoms with Crippen molar-refractivity contribution in [1.82, 2.24) is 50.1 Å². The van der Waals surface area contributed by atoms with Crippen molar-refractivity contribution in [2.45, 2.75) is 102 Å². The molecular formula is C69H71B4N13O10S. The van der Waals surface area contributed by atoms with Gasteiger partial charge in [0.05, 0.1) is 53.8 Å². The zero-order valence-electron chi connectivity index (χ0n) is 53.4. The molecule has 0 aromatic carbocycles. The van der Waals surface area contributed by atoms with Gasteiger partial charge in [-0.1, -0.05) is 55.5 Å². The maximum atomic E-state index is 12.2. The molecule has 490 valence electrons. The lowest BCUT2D eigenvalue weighted by atomic mass is 9.68. The van der Waals surface area contributed by atoms with Crippen molar-refractivity contribution in [1.29, 1.82) is 0 Å². The zero-order chi connectivity index (χ0) is 65.7. The summed E-state index contributed by atoms with van der Waals surface area (Å²) in [5.74, 6) is 12.3. The highest BCUT2D eigenvalue weighted by Crippen LogP contribution is 2.51. The molecule has 7 aliphatic carbocycles. The van der Waals surface area contributed by atoms with Crippen molar-refractivity contribution in [2.75, 3.05) is 35.6 Å². The third-order valence-electron chi connectivity index (χ3n) is 20.0. The van der Waals surface area contributed by atoms with Crippen LogP contribution in [-0.2, 0) is 25.7 Å². The van der Waals surface area contributed by atoms with Gasteiger partial charge in [-0.2, -0.15) is 0 Å². The highest BCUT2D eigenvalue weighted by atomic mass is 32.1. The molecule has 7 aromatic heterocycles. The van der Waals surface area contributed by atoms with Gasteiger partial charge in [0.25, 0.3) is 6.01 Å². The van der Waals surface area contributed by atoms with Crippen LogP contribution in [0.5, 0.6) is 23.0 Å². The molecule has 2 amide bonds. The van der Waals surface area contributed by atoms with E-state index in [1.54, 1.807) is 60.8 Å². The Morgan fingerprint density at radius 2 is 1.00 bits per heavy atom. The van der Waals surface area contributed by atoms with Crippen molar-refractivity contribution in [3.8, 4) is 23.0 Å². The number of fused-ring (bicyclic) bond motifs is 12. The predicted molar refractivity (Wildman–Crippen MR) is 375 cm³/mol. The fourth-order valence-electron chi connectivity index (χ4n) is 15.2. The van der Waals surface area contributed by atoms with E-state index in [1.165, 1.54) is 16.7 Å². The number of anilines is 3. The number of aromatic amines is 1. The van der Waals surface area contributed by atoms with Crippen molar-refractivity contribution in [3.05, 3.63) is 177 Å². The summed E-state index contributed by atoms with van der Waals surface area (Å²) in [4.78, 5) is 47.6. The lowest BCUT2D eigenvalue weighted by Gasteiger charge is -2.39. The maximum absolute atomic E-state index is 12.2. The van der Waals surface area contributed by atoms with Crippen molar-refractivity contribution in [3.63, 3.8) is 0 Å². The number of hydrogen-bond donors (Lipinski definition) is 9. The first-order valence-electron chi connectivity index (χ1n) is 33.6. The maximum Gasteiger partial charge on any atom is 0.552 e. The first-order chi connectivity index (χ1) is 47.5. The third kappa shape index (κ3) is 12.7. The molecule has 1 saturated heterocycles. The van der Waals surface area contributed by atoms with E-state index < -0.39 is 28.5 Å². The minimum atomic E-state index is -0.962. The minimum absolute atomic E-state index is 0.00219. The Hall–Kier alpha value is -9.46. The second kappa shape index (κ2) is 26.9. The van der Waals surface area contributed by atoms with Gasteiger partial charge in [-0.05, 0) is 115 Å². The van der Waals surface area contributed by atoms with E-state index in [0.29, 0.717) is 78.0 Å². The van der Waals surface area contributed by atoms with E-state index >= 15 is 0 Å². The second-order valence-electron chi connectivity index (χ2n) is 26.2. The normalized spacial score (nSPS) is 23.1. The molecule has 1 atom stereocenters. The van der Waals surface area contributed by atoms with Crippen molar-refractivity contribution >= 4 is 110 Å². The van der Waals surface area contributed by atoms with Gasteiger partial charge in [-0.3, -0.25) is 19.9 Å². The topological polar surface area (TPSA) is 305 Å². The number of oxazole rings is 1. The summed E-state index contributed by atoms with van der Waals surface area (Å²) >= 11 is 1.63. The summed E-state index contributed by atoms with van der Waals surface area (Å²) in [7, 11) is -3.65. The first kappa shape index (κ1) is 62.4. The Morgan fingerprint density at radius 1 is 0.557 bits per heavy atom. The average molecular weight is 1320 g/mol. The van der Waals surface area contributed by atoms with Crippen LogP contribution in [0, 0.1) is 23.7 Å². The Balaban J connectivity index is 0.000000101. The number of nitrogens with zero attached hydrogens (tertiary/aromatic N) is 8. The molecule has 19 rings (SSSR count). The van der Waals surface area contributed by atoms with Crippen LogP contribution in [0.2, 0.25) is 0 Å². The summed E-state index contributed by atoms with van der Waals surface area (Å²) in [5.41, 5.74) is 17.8. The number of nitrogens with one attached hydrogen (secondary N) is 5. The number of carbonyl (C=O) groups is 1. The smallest absolute Gasteiger partial charge is 0.531 e. The fraction of sp³-hybridized carbons (Fsp3) is 0.333. The van der Waals surface area contributed by atoms with Crippen LogP contribution in [0.1, 0.15) is 126 Å². The summed E-state index contributed by atoms with van der Waals surface area (Å²) in [5, 5.41) is 56.3. The molecule has 12 aliphatic rings. The first-order valence-corrected chi connectivity index (χ1v) is 34.5. The third-order valence-corrected chi connectivity index (χ3v) is 20.7. The number of amides is 2. The van der Waals surface area contributed by atoms with Gasteiger partial charge in [-0.15, -0.1) is 11.3 Å². The molecule has 0 spiro atoms. The van der Waals surface area contributed by atoms with Crippen molar-refractivity contribution in [2.24, 2.45) is 23.7 Å². The van der Waals surface area contributed by atoms with Crippen LogP contribution in [0.25, 0.3) is 46.6 Å². The van der Waals surface area contributed by atoms with Crippen LogP contribution in [-0.4, -0.2) is 137 Å². The molecule has 3 saturated carbocycles. The van der Waals surface area contributed by atoms with Crippen LogP contribution < -0.4 is 39.9 Å². The van der Waals surface area contributed by atoms with Crippen LogP contribution in [0.15, 0.2) is 114 Å². The zero-order valence-corrected chi connectivity index (χ0v) is 54.2. The predicted octanol–water partition coefficient (Wildman–Crippen LogP) is 9.07. The molecule has 4 fully saturated rings. The number of H-pyrrole nitrogens is 1. The monoisotopic (exact) mass is 1320 g/mol. The summed E-state index contributed by atoms with van der Waals surface area (Å²) in [6.07, 6.45) is 43.7. The number of carbonyl (C=O) groups excluding carboxylic acids is 1. The number of thiazole rings is 1. The number of rotatable bonds is 12. The molecule has 9 N–H and O–H groups in total. The van der Waals surface area contributed by atoms with Gasteiger partial charge in [0.2, 0.25) is 0 Å². The van der Waals surface area contributed by atoms with E-state index in [-0.39, 0.29) is 11.9 Å². The number of aromatic nitrogens is 8. The van der Waals surface area contributed by atoms with Gasteiger partial charge >= 0.3 is 34.5 Å². The van der Waals surface area contributed by atoms with E-state index in [1.807, 2.05) is 47.5 Å². The lowest BCUT2D eigenvalue weighted by Crippen LogP contribution is -2.39. The van der Waals surface area contributed by atoms with E-state index in [9.17, 15) is 24.9 Å². The quantitative estimate of drug-likeness (QED) is 0.0515. The van der Waals surface area contributed by atoms with E-state index in [2.05, 4.69) is 110 Å². The Labute approximate surface area is 565 Å². The number of urea groups is 1. The van der Waals surface area contributed by atoms with Crippen molar-refractivity contribution < 1.29 is 47.9 Å². The van der Waals surface area contributed by atoms with Gasteiger partial charge in [0, 0.05) is 138 Å². The SMILES string of the molecule is CCCNC(=O)N1CCC(C2=CB(O)Oc3cnc4c(c32)C=CC4)C1.OB1C=C(C2CC(Nc3ncc[nH]3)C2)c2c(cnc3c2C=CC3)O1.OB1C=C(C2CC(Nc3ncco3)C2)c2c(cnc3c2C=CC3)O1.OB1C=C(C2CC(Nc3nccs3)C2)c2c(cnc3c2C=CC3)O1. The molecule has 12 heterocycles. The molecule has 5 aliphatic heterocycles. The molecule has 23 nitrogen and oxygen atoms in total. The standard InChI is InChI=1S/C18H22BN3O3.C17H17BN4O2.C17H16BN3O3.C17H16BN3O2S/c1-2-7-20-18(23)22-8-6-12(11-22)14-9-19(24)25-16-10-21-15-5-3-4-13(15)17(14)16;23-18-8-13(10-6-11(7-10)22-17-19-4-5-20-17)16-12-2-1-3-14(12)21-9-15(16)24-18;22-18-8-13(10-6-11(7-10)21-17-19-4-5-23-17)16-12-2-1-3-14(12)20-9-15(16)24-18;22-18-8-13(10-6-11(7-10)21-17-19-4-5-24-17)16-12-2-1-3-14(12)20-9-15(16)23-18/h3-4,9-10,12,24H,2,5-8,11H2,1H3,(H,20,23);1-2,4-5,8-11,23H,3,6-7H2,(H2,19,20,22);2*1-2,4-5,8-11,22H,3,6-7H2,(H,19,21). The molecule has 0 radical (unpaired) electrons. The Bertz CT molecular complexity index is 4060. The molecule has 1 unspecified atom stereocenters. The largest absolute Gasteiger partial charge is 0.552 e. The highest BCUT2D eigenvalue weighted by molar-refractivity contribution is 7.13. The van der Waals surface area contributed by atoms with E-state index in [0.717, 1.165) is 168 Å². The van der Waals surface area contributed by atoms with Crippen LogP contribution in [0.3, 0.4) is 0 Å². The van der Waals surface area contributed by atoms with Gasteiger partial charge in [0.15, 0.2) is 11.1 Å². The average Bonchev–Trinajstić information content (AvgIpc) is 1.76. The number of hydrogen-bond acceptors (Lipinski definition) is 21. The van der Waals surface area contributed by atoms with Gasteiger partial charge < -0.3 is 74.3 Å². The Kier molecular flexibility index (Phi) is 17.3. The minimum Gasteiger partial charge on any atom is -0.531 e. The second-order valence-corrected chi connectivity index (χ2v) is 27.1. The van der Waals surface area contributed by atoms with E-state index in [4.69, 9.17) is 23.0 Å². The Morgan fingerprint density at radius 3 is 1.40 bits per heavy atom. The van der Waals surface area contributed by atoms with Crippen LogP contribution >= 0.6 is 11.3 Å². The van der Waals surface area contributed by atoms with Crippen LogP contribution in [0.4, 0.5) is 21.9 Å². The summed E-state index contributed by atoms with van der Waals surface area (Å²) in [6.45, 7) is 4.13. The summed E-state index contributed by atoms with van der Waals surface area (Å²) < 4.78 is 27.5. The number of imidazole rings is 1. The number of allylic oxidation sites excluding steroid dienone is 7. The van der Waals surface area contributed by atoms with Gasteiger partial charge in [-0.25, -0.2) is 19.7 Å². The lowest BCUT2D eigenvalue weighted by molar-refractivity contribution is 0.208. The number of pyridine rings is 4. The molecule has 7 aromatic rings. The number of likely N-dealkylation sites (tertiary alicyclic amines) is 1. The molecular weight excluding hydrogens is 1250 g/mol. The molecule has 0 bridgehead atoms. The van der Waals surface area contributed by atoms with Gasteiger partial charge in [0.1, 0.15) is 29.3 Å². The molecule has 97 heavy (non-hydrogen) atoms. The fourth-order valence-corrected chi connectivity index (χ4v) is 15.8. The summed E-state index contributed by atoms with van der Waals surface area (Å²) in [6, 6.07) is 1.74. The highest BCUT2D eigenvalue weighted by Gasteiger charge is 2.43. The molecule has 28 heteroatoms.